The molecular weight excluding hydrogens is 382 g/mol. The molecule has 2 atom stereocenters. The third kappa shape index (κ3) is 6.41. The number of rotatable bonds is 8. The van der Waals surface area contributed by atoms with E-state index >= 15 is 0 Å². The summed E-state index contributed by atoms with van der Waals surface area (Å²) in [5, 5.41) is 8.10. The number of nitrogens with zero attached hydrogens (tertiary/aromatic N) is 1. The molecule has 2 amide bonds. The van der Waals surface area contributed by atoms with Crippen LogP contribution in [0.4, 0.5) is 0 Å². The lowest BCUT2D eigenvalue weighted by molar-refractivity contribution is -0.121. The first-order valence-electron chi connectivity index (χ1n) is 10.4. The molecular formula is C23H31N3O2S. The van der Waals surface area contributed by atoms with Crippen LogP contribution < -0.4 is 10.6 Å². The molecule has 2 aromatic rings. The number of hydrogen-bond acceptors (Lipinski definition) is 4. The Morgan fingerprint density at radius 1 is 1.14 bits per heavy atom. The Hall–Kier alpha value is -2.18. The van der Waals surface area contributed by atoms with Gasteiger partial charge in [0.1, 0.15) is 0 Å². The number of carbonyl (C=O) groups excluding carboxylic acids is 2. The van der Waals surface area contributed by atoms with E-state index in [1.165, 1.54) is 17.7 Å². The topological polar surface area (TPSA) is 61.4 Å². The van der Waals surface area contributed by atoms with Crippen molar-refractivity contribution in [3.63, 3.8) is 0 Å². The zero-order chi connectivity index (χ0) is 20.6. The number of benzene rings is 1. The van der Waals surface area contributed by atoms with Gasteiger partial charge >= 0.3 is 0 Å². The second-order valence-corrected chi connectivity index (χ2v) is 8.98. The summed E-state index contributed by atoms with van der Waals surface area (Å²) in [5.41, 5.74) is 0.608. The van der Waals surface area contributed by atoms with Gasteiger partial charge in [0.25, 0.3) is 5.91 Å². The van der Waals surface area contributed by atoms with Gasteiger partial charge in [0.05, 0.1) is 6.04 Å². The molecule has 0 saturated carbocycles. The van der Waals surface area contributed by atoms with E-state index in [0.717, 1.165) is 19.0 Å². The molecule has 2 N–H and O–H groups in total. The second-order valence-electron chi connectivity index (χ2n) is 8.00. The smallest absolute Gasteiger partial charge is 0.251 e. The number of carbonyl (C=O) groups is 2. The van der Waals surface area contributed by atoms with E-state index in [0.29, 0.717) is 12.1 Å². The van der Waals surface area contributed by atoms with Crippen LogP contribution in [0.3, 0.4) is 0 Å². The minimum atomic E-state index is -0.223. The van der Waals surface area contributed by atoms with E-state index < -0.39 is 0 Å². The van der Waals surface area contributed by atoms with Crippen LogP contribution in [0.15, 0.2) is 47.8 Å². The summed E-state index contributed by atoms with van der Waals surface area (Å²) in [6.45, 7) is 6.92. The van der Waals surface area contributed by atoms with Gasteiger partial charge < -0.3 is 10.6 Å². The van der Waals surface area contributed by atoms with Gasteiger partial charge in [-0.2, -0.15) is 0 Å². The van der Waals surface area contributed by atoms with Gasteiger partial charge in [0.2, 0.25) is 5.91 Å². The summed E-state index contributed by atoms with van der Waals surface area (Å²) in [7, 11) is 0. The quantitative estimate of drug-likeness (QED) is 0.691. The lowest BCUT2D eigenvalue weighted by atomic mass is 9.97. The van der Waals surface area contributed by atoms with Crippen LogP contribution in [0.5, 0.6) is 0 Å². The van der Waals surface area contributed by atoms with Crippen molar-refractivity contribution in [1.82, 2.24) is 15.5 Å². The fourth-order valence-corrected chi connectivity index (χ4v) is 4.60. The van der Waals surface area contributed by atoms with E-state index in [1.54, 1.807) is 23.5 Å². The maximum atomic E-state index is 12.5. The van der Waals surface area contributed by atoms with Crippen molar-refractivity contribution in [3.05, 3.63) is 58.3 Å². The lowest BCUT2D eigenvalue weighted by Gasteiger charge is -2.36. The van der Waals surface area contributed by atoms with Crippen molar-refractivity contribution in [3.8, 4) is 0 Å². The summed E-state index contributed by atoms with van der Waals surface area (Å²) in [5.74, 6) is 0.599. The second kappa shape index (κ2) is 10.6. The van der Waals surface area contributed by atoms with Crippen molar-refractivity contribution >= 4 is 23.2 Å². The van der Waals surface area contributed by atoms with E-state index in [9.17, 15) is 9.59 Å². The molecule has 1 aliphatic rings. The zero-order valence-corrected chi connectivity index (χ0v) is 18.1. The Kier molecular flexibility index (Phi) is 7.83. The largest absolute Gasteiger partial charge is 0.354 e. The highest BCUT2D eigenvalue weighted by molar-refractivity contribution is 7.10. The molecule has 0 unspecified atom stereocenters. The molecule has 0 spiro atoms. The Morgan fingerprint density at radius 3 is 2.52 bits per heavy atom. The van der Waals surface area contributed by atoms with Gasteiger partial charge in [-0.3, -0.25) is 14.5 Å². The molecule has 156 valence electrons. The van der Waals surface area contributed by atoms with E-state index in [2.05, 4.69) is 40.0 Å². The molecule has 6 heteroatoms. The molecule has 1 fully saturated rings. The van der Waals surface area contributed by atoms with Crippen LogP contribution in [0, 0.1) is 5.92 Å². The third-order valence-electron chi connectivity index (χ3n) is 5.53. The van der Waals surface area contributed by atoms with Crippen molar-refractivity contribution < 1.29 is 9.59 Å². The first kappa shape index (κ1) is 21.5. The number of hydrogen-bond donors (Lipinski definition) is 2. The molecule has 1 aromatic carbocycles. The predicted molar refractivity (Wildman–Crippen MR) is 118 cm³/mol. The van der Waals surface area contributed by atoms with Crippen LogP contribution in [-0.4, -0.2) is 42.4 Å². The molecule has 1 aliphatic heterocycles. The van der Waals surface area contributed by atoms with Crippen molar-refractivity contribution in [2.75, 3.05) is 19.6 Å². The highest BCUT2D eigenvalue weighted by Gasteiger charge is 2.26. The predicted octanol–water partition coefficient (Wildman–Crippen LogP) is 3.85. The van der Waals surface area contributed by atoms with Gasteiger partial charge in [0.15, 0.2) is 0 Å². The van der Waals surface area contributed by atoms with Crippen molar-refractivity contribution in [1.29, 1.82) is 0 Å². The van der Waals surface area contributed by atoms with Crippen LogP contribution in [0.1, 0.15) is 54.4 Å². The first-order valence-corrected chi connectivity index (χ1v) is 11.3. The number of thiophene rings is 1. The standard InChI is InChI=1S/C23H31N3O2S/c1-17-10-12-26(13-11-17)20(21-9-6-14-29-21)16-24-22(27)15-18(2)25-23(28)19-7-4-3-5-8-19/h3-9,14,17-18,20H,10-13,15-16H2,1-2H3,(H,24,27)(H,25,28)/t18-,20+/m1/s1. The number of piperidine rings is 1. The SMILES string of the molecule is CC1CCN([C@@H](CNC(=O)C[C@@H](C)NC(=O)c2ccccc2)c2cccs2)CC1. The molecule has 1 aromatic heterocycles. The van der Waals surface area contributed by atoms with Gasteiger partial charge in [-0.05, 0) is 62.4 Å². The third-order valence-corrected chi connectivity index (χ3v) is 6.50. The molecule has 5 nitrogen and oxygen atoms in total. The summed E-state index contributed by atoms with van der Waals surface area (Å²) >= 11 is 1.75. The van der Waals surface area contributed by atoms with Gasteiger partial charge in [0, 0.05) is 29.4 Å². The summed E-state index contributed by atoms with van der Waals surface area (Å²) in [6, 6.07) is 13.3. The van der Waals surface area contributed by atoms with Crippen LogP contribution in [0.25, 0.3) is 0 Å². The molecule has 0 bridgehead atoms. The number of likely N-dealkylation sites (tertiary alicyclic amines) is 1. The molecule has 3 rings (SSSR count). The van der Waals surface area contributed by atoms with E-state index in [-0.39, 0.29) is 30.3 Å². The van der Waals surface area contributed by atoms with Gasteiger partial charge in [-0.15, -0.1) is 11.3 Å². The molecule has 2 heterocycles. The zero-order valence-electron chi connectivity index (χ0n) is 17.3. The van der Waals surface area contributed by atoms with Gasteiger partial charge in [-0.25, -0.2) is 0 Å². The Bertz CT molecular complexity index is 771. The molecule has 1 saturated heterocycles. The van der Waals surface area contributed by atoms with Crippen LogP contribution >= 0.6 is 11.3 Å². The average molecular weight is 414 g/mol. The lowest BCUT2D eigenvalue weighted by Crippen LogP contribution is -2.43. The Morgan fingerprint density at radius 2 is 1.86 bits per heavy atom. The fourth-order valence-electron chi connectivity index (χ4n) is 3.74. The molecule has 0 radical (unpaired) electrons. The average Bonchev–Trinajstić information content (AvgIpc) is 3.24. The van der Waals surface area contributed by atoms with Crippen LogP contribution in [0.2, 0.25) is 0 Å². The van der Waals surface area contributed by atoms with Crippen molar-refractivity contribution in [2.45, 2.75) is 45.2 Å². The maximum absolute atomic E-state index is 12.5. The maximum Gasteiger partial charge on any atom is 0.251 e. The monoisotopic (exact) mass is 413 g/mol. The Labute approximate surface area is 177 Å². The fraction of sp³-hybridized carbons (Fsp3) is 0.478. The minimum Gasteiger partial charge on any atom is -0.354 e. The Balaban J connectivity index is 1.50. The number of nitrogens with one attached hydrogen (secondary N) is 2. The van der Waals surface area contributed by atoms with E-state index in [1.807, 2.05) is 25.1 Å². The highest BCUT2D eigenvalue weighted by atomic mass is 32.1. The summed E-state index contributed by atoms with van der Waals surface area (Å²) < 4.78 is 0. The summed E-state index contributed by atoms with van der Waals surface area (Å²) in [4.78, 5) is 28.5. The van der Waals surface area contributed by atoms with Gasteiger partial charge in [-0.1, -0.05) is 31.2 Å². The van der Waals surface area contributed by atoms with Crippen LogP contribution in [-0.2, 0) is 4.79 Å². The molecule has 0 aliphatic carbocycles. The van der Waals surface area contributed by atoms with E-state index in [4.69, 9.17) is 0 Å². The minimum absolute atomic E-state index is 0.0298. The van der Waals surface area contributed by atoms with Crippen molar-refractivity contribution in [2.24, 2.45) is 5.92 Å². The number of amides is 2. The normalized spacial score (nSPS) is 17.4. The molecule has 29 heavy (non-hydrogen) atoms. The highest BCUT2D eigenvalue weighted by Crippen LogP contribution is 2.29. The first-order chi connectivity index (χ1) is 14.0. The summed E-state index contributed by atoms with van der Waals surface area (Å²) in [6.07, 6.45) is 2.68.